The van der Waals surface area contributed by atoms with E-state index in [0.717, 1.165) is 22.5 Å². The summed E-state index contributed by atoms with van der Waals surface area (Å²) in [6, 6.07) is 28.2. The molecule has 0 atom stereocenters. The molecule has 0 heterocycles. The van der Waals surface area contributed by atoms with Crippen molar-refractivity contribution in [3.8, 4) is 0 Å². The molecule has 3 aromatic carbocycles. The molecule has 0 aliphatic rings. The lowest BCUT2D eigenvalue weighted by Gasteiger charge is -2.13. The Balaban J connectivity index is 2.01. The van der Waals surface area contributed by atoms with Crippen LogP contribution < -0.4 is 5.32 Å². The minimum absolute atomic E-state index is 0.706. The molecule has 108 valence electrons. The number of benzene rings is 3. The van der Waals surface area contributed by atoms with Gasteiger partial charge in [0.2, 0.25) is 0 Å². The third-order valence-corrected chi connectivity index (χ3v) is 3.67. The largest absolute Gasteiger partial charge is 0.354 e. The highest BCUT2D eigenvalue weighted by Gasteiger charge is 2.05. The Morgan fingerprint density at radius 2 is 1.32 bits per heavy atom. The van der Waals surface area contributed by atoms with Crippen molar-refractivity contribution in [1.82, 2.24) is 0 Å². The normalized spacial score (nSPS) is 11.2. The van der Waals surface area contributed by atoms with Gasteiger partial charge in [-0.3, -0.25) is 0 Å². The van der Waals surface area contributed by atoms with Crippen molar-refractivity contribution in [3.63, 3.8) is 0 Å². The number of hydrogen-bond donors (Lipinski definition) is 1. The molecular weight excluding hydrogens is 290 g/mol. The van der Waals surface area contributed by atoms with Crippen molar-refractivity contribution in [2.45, 2.75) is 0 Å². The molecule has 0 saturated carbocycles. The first kappa shape index (κ1) is 14.4. The lowest BCUT2D eigenvalue weighted by Crippen LogP contribution is -1.99. The van der Waals surface area contributed by atoms with Crippen molar-refractivity contribution in [2.75, 3.05) is 5.32 Å². The quantitative estimate of drug-likeness (QED) is 0.587. The molecule has 1 N–H and O–H groups in total. The van der Waals surface area contributed by atoms with E-state index in [1.54, 1.807) is 0 Å². The first-order chi connectivity index (χ1) is 10.8. The maximum absolute atomic E-state index is 6.27. The van der Waals surface area contributed by atoms with Gasteiger partial charge in [-0.15, -0.1) is 0 Å². The first-order valence-electron chi connectivity index (χ1n) is 7.17. The lowest BCUT2D eigenvalue weighted by molar-refractivity contribution is 1.53. The standard InChI is InChI=1S/C20H16ClN/c21-18-13-7-8-14-19(18)22-20(17-11-5-2-6-12-17)15-16-9-3-1-4-10-16/h1-15,22H/b20-15+. The molecular formula is C20H16ClN. The molecule has 0 bridgehead atoms. The molecule has 0 saturated heterocycles. The summed E-state index contributed by atoms with van der Waals surface area (Å²) in [5, 5.41) is 4.15. The van der Waals surface area contributed by atoms with Crippen LogP contribution >= 0.6 is 11.6 Å². The zero-order chi connectivity index (χ0) is 15.2. The second-order valence-corrected chi connectivity index (χ2v) is 5.35. The van der Waals surface area contributed by atoms with Gasteiger partial charge in [-0.25, -0.2) is 0 Å². The number of para-hydroxylation sites is 1. The Labute approximate surface area is 135 Å². The predicted molar refractivity (Wildman–Crippen MR) is 95.8 cm³/mol. The Morgan fingerprint density at radius 1 is 0.727 bits per heavy atom. The molecule has 0 aromatic heterocycles. The zero-order valence-electron chi connectivity index (χ0n) is 12.0. The summed E-state index contributed by atoms with van der Waals surface area (Å²) in [7, 11) is 0. The molecule has 0 unspecified atom stereocenters. The summed E-state index contributed by atoms with van der Waals surface area (Å²) in [5.41, 5.74) is 4.17. The van der Waals surface area contributed by atoms with Gasteiger partial charge in [0.1, 0.15) is 0 Å². The number of nitrogens with one attached hydrogen (secondary N) is 1. The third-order valence-electron chi connectivity index (χ3n) is 3.34. The predicted octanol–water partition coefficient (Wildman–Crippen LogP) is 5.95. The average molecular weight is 306 g/mol. The number of hydrogen-bond acceptors (Lipinski definition) is 1. The smallest absolute Gasteiger partial charge is 0.0640 e. The van der Waals surface area contributed by atoms with Crippen molar-refractivity contribution < 1.29 is 0 Å². The van der Waals surface area contributed by atoms with E-state index in [1.807, 2.05) is 60.7 Å². The SMILES string of the molecule is Clc1ccccc1N/C(=C/c1ccccc1)c1ccccc1. The minimum atomic E-state index is 0.706. The molecule has 0 fully saturated rings. The second-order valence-electron chi connectivity index (χ2n) is 4.94. The summed E-state index contributed by atoms with van der Waals surface area (Å²) >= 11 is 6.27. The van der Waals surface area contributed by atoms with Crippen LogP contribution in [-0.2, 0) is 0 Å². The van der Waals surface area contributed by atoms with E-state index >= 15 is 0 Å². The van der Waals surface area contributed by atoms with Crippen LogP contribution in [0.25, 0.3) is 11.8 Å². The summed E-state index contributed by atoms with van der Waals surface area (Å²) < 4.78 is 0. The number of halogens is 1. The average Bonchev–Trinajstić information content (AvgIpc) is 2.58. The Morgan fingerprint density at radius 3 is 2.00 bits per heavy atom. The van der Waals surface area contributed by atoms with Gasteiger partial charge in [0.05, 0.1) is 10.7 Å². The summed E-state index contributed by atoms with van der Waals surface area (Å²) in [5.74, 6) is 0. The monoisotopic (exact) mass is 305 g/mol. The second kappa shape index (κ2) is 6.97. The Hall–Kier alpha value is -2.51. The van der Waals surface area contributed by atoms with E-state index in [4.69, 9.17) is 11.6 Å². The Bertz CT molecular complexity index is 764. The van der Waals surface area contributed by atoms with Gasteiger partial charge in [-0.2, -0.15) is 0 Å². The van der Waals surface area contributed by atoms with Gasteiger partial charge in [0, 0.05) is 5.70 Å². The molecule has 0 aliphatic heterocycles. The zero-order valence-corrected chi connectivity index (χ0v) is 12.8. The first-order valence-corrected chi connectivity index (χ1v) is 7.54. The molecule has 0 spiro atoms. The van der Waals surface area contributed by atoms with E-state index in [0.29, 0.717) is 5.02 Å². The van der Waals surface area contributed by atoms with Gasteiger partial charge in [-0.05, 0) is 29.3 Å². The van der Waals surface area contributed by atoms with Crippen LogP contribution in [0.5, 0.6) is 0 Å². The summed E-state index contributed by atoms with van der Waals surface area (Å²) in [6.45, 7) is 0. The van der Waals surface area contributed by atoms with Crippen LogP contribution in [0, 0.1) is 0 Å². The molecule has 3 rings (SSSR count). The topological polar surface area (TPSA) is 12.0 Å². The van der Waals surface area contributed by atoms with Gasteiger partial charge in [0.15, 0.2) is 0 Å². The molecule has 0 amide bonds. The molecule has 22 heavy (non-hydrogen) atoms. The Kier molecular flexibility index (Phi) is 4.57. The van der Waals surface area contributed by atoms with Crippen LogP contribution in [0.4, 0.5) is 5.69 Å². The van der Waals surface area contributed by atoms with Crippen molar-refractivity contribution >= 4 is 29.1 Å². The molecule has 0 radical (unpaired) electrons. The molecule has 3 aromatic rings. The van der Waals surface area contributed by atoms with Gasteiger partial charge in [0.25, 0.3) is 0 Å². The maximum Gasteiger partial charge on any atom is 0.0640 e. The highest BCUT2D eigenvalue weighted by Crippen LogP contribution is 2.26. The van der Waals surface area contributed by atoms with Crippen LogP contribution in [0.3, 0.4) is 0 Å². The molecule has 0 aliphatic carbocycles. The van der Waals surface area contributed by atoms with E-state index < -0.39 is 0 Å². The number of anilines is 1. The van der Waals surface area contributed by atoms with Crippen LogP contribution in [-0.4, -0.2) is 0 Å². The van der Waals surface area contributed by atoms with Crippen molar-refractivity contribution in [3.05, 3.63) is 101 Å². The fourth-order valence-corrected chi connectivity index (χ4v) is 2.42. The van der Waals surface area contributed by atoms with E-state index in [1.165, 1.54) is 0 Å². The van der Waals surface area contributed by atoms with Crippen molar-refractivity contribution in [1.29, 1.82) is 0 Å². The van der Waals surface area contributed by atoms with E-state index in [2.05, 4.69) is 35.7 Å². The molecule has 1 nitrogen and oxygen atoms in total. The van der Waals surface area contributed by atoms with Crippen LogP contribution in [0.1, 0.15) is 11.1 Å². The van der Waals surface area contributed by atoms with Crippen LogP contribution in [0.2, 0.25) is 5.02 Å². The van der Waals surface area contributed by atoms with Gasteiger partial charge < -0.3 is 5.32 Å². The maximum atomic E-state index is 6.27. The fourth-order valence-electron chi connectivity index (χ4n) is 2.23. The van der Waals surface area contributed by atoms with Gasteiger partial charge >= 0.3 is 0 Å². The third kappa shape index (κ3) is 3.57. The highest BCUT2D eigenvalue weighted by molar-refractivity contribution is 6.33. The highest BCUT2D eigenvalue weighted by atomic mass is 35.5. The van der Waals surface area contributed by atoms with Crippen molar-refractivity contribution in [2.24, 2.45) is 0 Å². The van der Waals surface area contributed by atoms with E-state index in [9.17, 15) is 0 Å². The van der Waals surface area contributed by atoms with Gasteiger partial charge in [-0.1, -0.05) is 84.4 Å². The van der Waals surface area contributed by atoms with Crippen LogP contribution in [0.15, 0.2) is 84.9 Å². The molecule has 2 heteroatoms. The van der Waals surface area contributed by atoms with E-state index in [-0.39, 0.29) is 0 Å². The minimum Gasteiger partial charge on any atom is -0.354 e. The lowest BCUT2D eigenvalue weighted by atomic mass is 10.1. The fraction of sp³-hybridized carbons (Fsp3) is 0. The summed E-state index contributed by atoms with van der Waals surface area (Å²) in [6.07, 6.45) is 2.12. The summed E-state index contributed by atoms with van der Waals surface area (Å²) in [4.78, 5) is 0. The number of rotatable bonds is 4.